The molecule has 3 heteroatoms. The van der Waals surface area contributed by atoms with Crippen molar-refractivity contribution in [2.24, 2.45) is 17.8 Å². The summed E-state index contributed by atoms with van der Waals surface area (Å²) in [5, 5.41) is 6.21. The molecule has 15 heavy (non-hydrogen) atoms. The first-order valence-electron chi connectivity index (χ1n) is 5.89. The summed E-state index contributed by atoms with van der Waals surface area (Å²) in [6.07, 6.45) is 7.49. The van der Waals surface area contributed by atoms with Crippen LogP contribution in [0.25, 0.3) is 0 Å². The second-order valence-electron chi connectivity index (χ2n) is 4.73. The van der Waals surface area contributed by atoms with Crippen molar-refractivity contribution in [1.82, 2.24) is 10.6 Å². The SMILES string of the molecule is CC(=O)NCCNCC1CC2C=CC1C2. The van der Waals surface area contributed by atoms with E-state index in [1.165, 1.54) is 12.8 Å². The number of nitrogens with one attached hydrogen (secondary N) is 2. The molecule has 3 nitrogen and oxygen atoms in total. The summed E-state index contributed by atoms with van der Waals surface area (Å²) in [6.45, 7) is 4.29. The fraction of sp³-hybridized carbons (Fsp3) is 0.750. The Morgan fingerprint density at radius 3 is 2.80 bits per heavy atom. The van der Waals surface area contributed by atoms with Crippen molar-refractivity contribution in [3.05, 3.63) is 12.2 Å². The van der Waals surface area contributed by atoms with Gasteiger partial charge < -0.3 is 10.6 Å². The summed E-state index contributed by atoms with van der Waals surface area (Å²) in [5.41, 5.74) is 0. The lowest BCUT2D eigenvalue weighted by atomic mass is 9.94. The van der Waals surface area contributed by atoms with Gasteiger partial charge in [-0.05, 0) is 37.1 Å². The molecule has 0 heterocycles. The van der Waals surface area contributed by atoms with Crippen LogP contribution in [0.3, 0.4) is 0 Å². The first-order chi connectivity index (χ1) is 7.25. The molecule has 0 spiro atoms. The third-order valence-corrected chi connectivity index (χ3v) is 3.50. The van der Waals surface area contributed by atoms with Crippen LogP contribution in [0.4, 0.5) is 0 Å². The minimum atomic E-state index is 0.0552. The zero-order valence-corrected chi connectivity index (χ0v) is 9.33. The number of allylic oxidation sites excluding steroid dienone is 2. The van der Waals surface area contributed by atoms with E-state index >= 15 is 0 Å². The van der Waals surface area contributed by atoms with E-state index < -0.39 is 0 Å². The monoisotopic (exact) mass is 208 g/mol. The van der Waals surface area contributed by atoms with Crippen molar-refractivity contribution in [3.63, 3.8) is 0 Å². The standard InChI is InChI=1S/C12H20N2O/c1-9(15)14-5-4-13-8-12-7-10-2-3-11(12)6-10/h2-3,10-13H,4-8H2,1H3,(H,14,15). The fourth-order valence-corrected chi connectivity index (χ4v) is 2.74. The number of rotatable bonds is 5. The molecule has 3 atom stereocenters. The molecule has 3 unspecified atom stereocenters. The molecule has 2 rings (SSSR count). The number of carbonyl (C=O) groups is 1. The van der Waals surface area contributed by atoms with E-state index in [0.717, 1.165) is 37.4 Å². The van der Waals surface area contributed by atoms with Crippen molar-refractivity contribution in [3.8, 4) is 0 Å². The largest absolute Gasteiger partial charge is 0.355 e. The highest BCUT2D eigenvalue weighted by Crippen LogP contribution is 2.42. The first-order valence-corrected chi connectivity index (χ1v) is 5.89. The fourth-order valence-electron chi connectivity index (χ4n) is 2.74. The van der Waals surface area contributed by atoms with Crippen molar-refractivity contribution >= 4 is 5.91 Å². The molecule has 0 radical (unpaired) electrons. The summed E-state index contributed by atoms with van der Waals surface area (Å²) >= 11 is 0. The molecule has 2 aliphatic carbocycles. The minimum absolute atomic E-state index is 0.0552. The van der Waals surface area contributed by atoms with Crippen LogP contribution in [0.15, 0.2) is 12.2 Å². The van der Waals surface area contributed by atoms with Gasteiger partial charge in [0.25, 0.3) is 0 Å². The van der Waals surface area contributed by atoms with Gasteiger partial charge in [0.15, 0.2) is 0 Å². The van der Waals surface area contributed by atoms with Crippen LogP contribution in [-0.4, -0.2) is 25.5 Å². The van der Waals surface area contributed by atoms with Gasteiger partial charge in [0.2, 0.25) is 5.91 Å². The van der Waals surface area contributed by atoms with Crippen LogP contribution >= 0.6 is 0 Å². The van der Waals surface area contributed by atoms with Crippen LogP contribution in [0.1, 0.15) is 19.8 Å². The summed E-state index contributed by atoms with van der Waals surface area (Å²) in [6, 6.07) is 0. The number of amides is 1. The summed E-state index contributed by atoms with van der Waals surface area (Å²) in [7, 11) is 0. The third kappa shape index (κ3) is 2.81. The maximum absolute atomic E-state index is 10.6. The maximum atomic E-state index is 10.6. The summed E-state index contributed by atoms with van der Waals surface area (Å²) in [5.74, 6) is 2.57. The number of carbonyl (C=O) groups excluding carboxylic acids is 1. The third-order valence-electron chi connectivity index (χ3n) is 3.50. The van der Waals surface area contributed by atoms with Gasteiger partial charge in [-0.25, -0.2) is 0 Å². The topological polar surface area (TPSA) is 41.1 Å². The lowest BCUT2D eigenvalue weighted by Gasteiger charge is -2.18. The Labute approximate surface area is 91.3 Å². The van der Waals surface area contributed by atoms with Gasteiger partial charge in [-0.2, -0.15) is 0 Å². The quantitative estimate of drug-likeness (QED) is 0.521. The van der Waals surface area contributed by atoms with Crippen LogP contribution in [-0.2, 0) is 4.79 Å². The molecule has 0 aliphatic heterocycles. The highest BCUT2D eigenvalue weighted by atomic mass is 16.1. The van der Waals surface area contributed by atoms with Crippen molar-refractivity contribution in [2.45, 2.75) is 19.8 Å². The molecule has 84 valence electrons. The molecule has 2 bridgehead atoms. The van der Waals surface area contributed by atoms with E-state index in [9.17, 15) is 4.79 Å². The Morgan fingerprint density at radius 2 is 2.20 bits per heavy atom. The number of fused-ring (bicyclic) bond motifs is 2. The first kappa shape index (κ1) is 10.7. The zero-order chi connectivity index (χ0) is 10.7. The molecule has 2 aliphatic rings. The molecule has 1 saturated carbocycles. The Morgan fingerprint density at radius 1 is 1.33 bits per heavy atom. The van der Waals surface area contributed by atoms with Gasteiger partial charge in [-0.3, -0.25) is 4.79 Å². The van der Waals surface area contributed by atoms with Crippen LogP contribution in [0.2, 0.25) is 0 Å². The Kier molecular flexibility index (Phi) is 3.41. The molecule has 0 saturated heterocycles. The molecule has 0 aromatic heterocycles. The highest BCUT2D eigenvalue weighted by Gasteiger charge is 2.34. The van der Waals surface area contributed by atoms with Gasteiger partial charge in [-0.15, -0.1) is 0 Å². The molecule has 0 aromatic carbocycles. The Bertz CT molecular complexity index is 262. The van der Waals surface area contributed by atoms with Gasteiger partial charge in [0, 0.05) is 20.0 Å². The van der Waals surface area contributed by atoms with Crippen molar-refractivity contribution < 1.29 is 4.79 Å². The smallest absolute Gasteiger partial charge is 0.216 e. The average molecular weight is 208 g/mol. The van der Waals surface area contributed by atoms with Crippen LogP contribution in [0.5, 0.6) is 0 Å². The number of hydrogen-bond donors (Lipinski definition) is 2. The van der Waals surface area contributed by atoms with Crippen LogP contribution < -0.4 is 10.6 Å². The summed E-state index contributed by atoms with van der Waals surface area (Å²) < 4.78 is 0. The molecule has 1 fully saturated rings. The van der Waals surface area contributed by atoms with Crippen LogP contribution in [0, 0.1) is 17.8 Å². The van der Waals surface area contributed by atoms with E-state index in [0.29, 0.717) is 0 Å². The Balaban J connectivity index is 1.55. The maximum Gasteiger partial charge on any atom is 0.216 e. The van der Waals surface area contributed by atoms with Gasteiger partial charge in [0.05, 0.1) is 0 Å². The molecular weight excluding hydrogens is 188 g/mol. The predicted octanol–water partition coefficient (Wildman–Crippen LogP) is 0.924. The number of hydrogen-bond acceptors (Lipinski definition) is 2. The highest BCUT2D eigenvalue weighted by molar-refractivity contribution is 5.72. The second kappa shape index (κ2) is 4.79. The molecule has 0 aromatic rings. The Hall–Kier alpha value is -0.830. The van der Waals surface area contributed by atoms with Gasteiger partial charge in [-0.1, -0.05) is 12.2 Å². The van der Waals surface area contributed by atoms with E-state index in [1.54, 1.807) is 6.92 Å². The zero-order valence-electron chi connectivity index (χ0n) is 9.33. The van der Waals surface area contributed by atoms with Gasteiger partial charge in [0.1, 0.15) is 0 Å². The lowest BCUT2D eigenvalue weighted by Crippen LogP contribution is -2.33. The van der Waals surface area contributed by atoms with Gasteiger partial charge >= 0.3 is 0 Å². The minimum Gasteiger partial charge on any atom is -0.355 e. The van der Waals surface area contributed by atoms with E-state index in [4.69, 9.17) is 0 Å². The van der Waals surface area contributed by atoms with Crippen molar-refractivity contribution in [2.75, 3.05) is 19.6 Å². The average Bonchev–Trinajstić information content (AvgIpc) is 2.78. The van der Waals surface area contributed by atoms with E-state index in [-0.39, 0.29) is 5.91 Å². The van der Waals surface area contributed by atoms with Crippen molar-refractivity contribution in [1.29, 1.82) is 0 Å². The second-order valence-corrected chi connectivity index (χ2v) is 4.73. The normalized spacial score (nSPS) is 32.2. The summed E-state index contributed by atoms with van der Waals surface area (Å²) in [4.78, 5) is 10.6. The lowest BCUT2D eigenvalue weighted by molar-refractivity contribution is -0.118. The molecular formula is C12H20N2O. The predicted molar refractivity (Wildman–Crippen MR) is 60.4 cm³/mol. The van der Waals surface area contributed by atoms with E-state index in [1.807, 2.05) is 0 Å². The van der Waals surface area contributed by atoms with E-state index in [2.05, 4.69) is 22.8 Å². The molecule has 2 N–H and O–H groups in total. The molecule has 1 amide bonds.